The first kappa shape index (κ1) is 16.8. The molecule has 0 bridgehead atoms. The lowest BCUT2D eigenvalue weighted by Crippen LogP contribution is -2.14. The molecule has 0 spiro atoms. The number of benzene rings is 2. The molecule has 0 saturated carbocycles. The molecular formula is C14H8ClF3N2O3. The molecule has 1 N–H and O–H groups in total. The predicted molar refractivity (Wildman–Crippen MR) is 77.5 cm³/mol. The van der Waals surface area contributed by atoms with Crippen LogP contribution in [0.1, 0.15) is 15.9 Å². The van der Waals surface area contributed by atoms with E-state index in [1.807, 2.05) is 0 Å². The molecule has 0 aliphatic carbocycles. The van der Waals surface area contributed by atoms with Gasteiger partial charge in [-0.3, -0.25) is 14.9 Å². The third kappa shape index (κ3) is 3.78. The van der Waals surface area contributed by atoms with Gasteiger partial charge in [0, 0.05) is 5.56 Å². The fraction of sp³-hybridized carbons (Fsp3) is 0.0714. The number of hydrogen-bond donors (Lipinski definition) is 1. The van der Waals surface area contributed by atoms with E-state index in [-0.39, 0.29) is 16.3 Å². The highest BCUT2D eigenvalue weighted by Gasteiger charge is 2.30. The fourth-order valence-electron chi connectivity index (χ4n) is 1.81. The fourth-order valence-corrected chi connectivity index (χ4v) is 2.05. The highest BCUT2D eigenvalue weighted by molar-refractivity contribution is 6.33. The minimum absolute atomic E-state index is 0.0766. The molecule has 0 aliphatic rings. The van der Waals surface area contributed by atoms with E-state index in [9.17, 15) is 28.1 Å². The number of carbonyl (C=O) groups is 1. The largest absolute Gasteiger partial charge is 0.416 e. The normalized spacial score (nSPS) is 11.1. The van der Waals surface area contributed by atoms with Gasteiger partial charge < -0.3 is 5.32 Å². The smallest absolute Gasteiger partial charge is 0.316 e. The Hall–Kier alpha value is -2.61. The topological polar surface area (TPSA) is 72.2 Å². The second-order valence-corrected chi connectivity index (χ2v) is 4.83. The Kier molecular flexibility index (Phi) is 4.55. The molecule has 0 atom stereocenters. The summed E-state index contributed by atoms with van der Waals surface area (Å²) < 4.78 is 37.4. The van der Waals surface area contributed by atoms with E-state index in [4.69, 9.17) is 11.6 Å². The zero-order valence-electron chi connectivity index (χ0n) is 11.2. The Morgan fingerprint density at radius 2 is 1.74 bits per heavy atom. The SMILES string of the molecule is O=C(Nc1cccc(Cl)c1[N+](=O)[O-])c1ccc(C(F)(F)F)cc1. The maximum atomic E-state index is 12.5. The molecule has 0 heterocycles. The number of alkyl halides is 3. The number of rotatable bonds is 3. The summed E-state index contributed by atoms with van der Waals surface area (Å²) in [5, 5.41) is 13.1. The molecule has 0 fully saturated rings. The molecular weight excluding hydrogens is 337 g/mol. The van der Waals surface area contributed by atoms with Crippen molar-refractivity contribution in [2.75, 3.05) is 5.32 Å². The van der Waals surface area contributed by atoms with Gasteiger partial charge in [-0.2, -0.15) is 13.2 Å². The van der Waals surface area contributed by atoms with E-state index >= 15 is 0 Å². The van der Waals surface area contributed by atoms with Gasteiger partial charge in [-0.25, -0.2) is 0 Å². The van der Waals surface area contributed by atoms with Crippen molar-refractivity contribution in [3.63, 3.8) is 0 Å². The summed E-state index contributed by atoms with van der Waals surface area (Å²) in [4.78, 5) is 22.2. The molecule has 0 radical (unpaired) electrons. The summed E-state index contributed by atoms with van der Waals surface area (Å²) in [6.45, 7) is 0. The van der Waals surface area contributed by atoms with Crippen molar-refractivity contribution in [2.45, 2.75) is 6.18 Å². The van der Waals surface area contributed by atoms with Crippen LogP contribution in [0, 0.1) is 10.1 Å². The minimum Gasteiger partial charge on any atom is -0.316 e. The van der Waals surface area contributed by atoms with Gasteiger partial charge in [0.25, 0.3) is 5.91 Å². The maximum absolute atomic E-state index is 12.5. The van der Waals surface area contributed by atoms with Gasteiger partial charge in [0.15, 0.2) is 0 Å². The van der Waals surface area contributed by atoms with Gasteiger partial charge in [-0.05, 0) is 36.4 Å². The Morgan fingerprint density at radius 1 is 1.13 bits per heavy atom. The van der Waals surface area contributed by atoms with Crippen LogP contribution in [0.2, 0.25) is 5.02 Å². The van der Waals surface area contributed by atoms with Gasteiger partial charge in [0.1, 0.15) is 10.7 Å². The molecule has 1 amide bonds. The van der Waals surface area contributed by atoms with Crippen LogP contribution < -0.4 is 5.32 Å². The molecule has 0 unspecified atom stereocenters. The van der Waals surface area contributed by atoms with E-state index in [0.29, 0.717) is 0 Å². The van der Waals surface area contributed by atoms with Crippen LogP contribution in [-0.2, 0) is 6.18 Å². The van der Waals surface area contributed by atoms with E-state index in [0.717, 1.165) is 24.3 Å². The standard InChI is InChI=1S/C14H8ClF3N2O3/c15-10-2-1-3-11(12(10)20(22)23)19-13(21)8-4-6-9(7-5-8)14(16,17)18/h1-7H,(H,19,21). The van der Waals surface area contributed by atoms with Crippen molar-refractivity contribution in [1.82, 2.24) is 0 Å². The lowest BCUT2D eigenvalue weighted by atomic mass is 10.1. The highest BCUT2D eigenvalue weighted by atomic mass is 35.5. The van der Waals surface area contributed by atoms with Crippen molar-refractivity contribution in [3.8, 4) is 0 Å². The quantitative estimate of drug-likeness (QED) is 0.657. The van der Waals surface area contributed by atoms with Crippen molar-refractivity contribution >= 4 is 28.9 Å². The molecule has 23 heavy (non-hydrogen) atoms. The number of anilines is 1. The first-order valence-corrected chi connectivity index (χ1v) is 6.49. The molecule has 0 saturated heterocycles. The number of hydrogen-bond acceptors (Lipinski definition) is 3. The van der Waals surface area contributed by atoms with Crippen molar-refractivity contribution < 1.29 is 22.9 Å². The molecule has 9 heteroatoms. The predicted octanol–water partition coefficient (Wildman–Crippen LogP) is 4.52. The number of amides is 1. The van der Waals surface area contributed by atoms with Crippen LogP contribution in [0.15, 0.2) is 42.5 Å². The second-order valence-electron chi connectivity index (χ2n) is 4.42. The molecule has 0 aromatic heterocycles. The zero-order valence-corrected chi connectivity index (χ0v) is 12.0. The van der Waals surface area contributed by atoms with Crippen molar-refractivity contribution in [1.29, 1.82) is 0 Å². The van der Waals surface area contributed by atoms with Crippen LogP contribution in [0.25, 0.3) is 0 Å². The van der Waals surface area contributed by atoms with Gasteiger partial charge in [0.05, 0.1) is 10.5 Å². The first-order chi connectivity index (χ1) is 10.7. The third-order valence-electron chi connectivity index (χ3n) is 2.89. The monoisotopic (exact) mass is 344 g/mol. The Bertz CT molecular complexity index is 761. The van der Waals surface area contributed by atoms with E-state index in [2.05, 4.69) is 5.32 Å². The molecule has 5 nitrogen and oxygen atoms in total. The number of nitrogens with zero attached hydrogens (tertiary/aromatic N) is 1. The summed E-state index contributed by atoms with van der Waals surface area (Å²) in [7, 11) is 0. The number of para-hydroxylation sites is 1. The molecule has 2 aromatic rings. The Morgan fingerprint density at radius 3 is 2.26 bits per heavy atom. The number of nitrogens with one attached hydrogen (secondary N) is 1. The second kappa shape index (κ2) is 6.25. The highest BCUT2D eigenvalue weighted by Crippen LogP contribution is 2.33. The van der Waals surface area contributed by atoms with E-state index < -0.39 is 28.3 Å². The van der Waals surface area contributed by atoms with Crippen molar-refractivity contribution in [3.05, 3.63) is 68.7 Å². The number of nitro benzene ring substituents is 1. The van der Waals surface area contributed by atoms with Gasteiger partial charge >= 0.3 is 11.9 Å². The summed E-state index contributed by atoms with van der Waals surface area (Å²) in [6.07, 6.45) is -4.51. The number of nitro groups is 1. The van der Waals surface area contributed by atoms with Crippen LogP contribution in [0.5, 0.6) is 0 Å². The maximum Gasteiger partial charge on any atom is 0.416 e. The summed E-state index contributed by atoms with van der Waals surface area (Å²) in [5.41, 5.74) is -1.61. The zero-order chi connectivity index (χ0) is 17.2. The van der Waals surface area contributed by atoms with Gasteiger partial charge in [0.2, 0.25) is 0 Å². The van der Waals surface area contributed by atoms with Crippen molar-refractivity contribution in [2.24, 2.45) is 0 Å². The first-order valence-electron chi connectivity index (χ1n) is 6.11. The molecule has 2 rings (SSSR count). The molecule has 120 valence electrons. The van der Waals surface area contributed by atoms with Crippen LogP contribution in [0.3, 0.4) is 0 Å². The van der Waals surface area contributed by atoms with Crippen LogP contribution in [-0.4, -0.2) is 10.8 Å². The number of halogens is 4. The van der Waals surface area contributed by atoms with E-state index in [1.54, 1.807) is 0 Å². The number of carbonyl (C=O) groups excluding carboxylic acids is 1. The average molecular weight is 345 g/mol. The van der Waals surface area contributed by atoms with Gasteiger partial charge in [-0.1, -0.05) is 17.7 Å². The van der Waals surface area contributed by atoms with Gasteiger partial charge in [-0.15, -0.1) is 0 Å². The minimum atomic E-state index is -4.51. The summed E-state index contributed by atoms with van der Waals surface area (Å²) in [5.74, 6) is -0.788. The summed E-state index contributed by atoms with van der Waals surface area (Å²) >= 11 is 5.71. The van der Waals surface area contributed by atoms with Crippen LogP contribution in [0.4, 0.5) is 24.5 Å². The summed E-state index contributed by atoms with van der Waals surface area (Å²) in [6, 6.07) is 7.42. The van der Waals surface area contributed by atoms with Crippen LogP contribution >= 0.6 is 11.6 Å². The van der Waals surface area contributed by atoms with E-state index in [1.165, 1.54) is 18.2 Å². The Labute approximate surface area is 132 Å². The third-order valence-corrected chi connectivity index (χ3v) is 3.20. The lowest BCUT2D eigenvalue weighted by Gasteiger charge is -2.09. The molecule has 0 aliphatic heterocycles. The Balaban J connectivity index is 2.27. The lowest BCUT2D eigenvalue weighted by molar-refractivity contribution is -0.383. The average Bonchev–Trinajstić information content (AvgIpc) is 2.46. The molecule has 2 aromatic carbocycles.